The Bertz CT molecular complexity index is 482. The first-order valence-corrected chi connectivity index (χ1v) is 6.74. The van der Waals surface area contributed by atoms with Crippen molar-refractivity contribution >= 4 is 27.8 Å². The summed E-state index contributed by atoms with van der Waals surface area (Å²) in [5, 5.41) is 11.6. The number of rotatable bonds is 5. The zero-order valence-corrected chi connectivity index (χ0v) is 11.8. The normalized spacial score (nSPS) is 16.3. The lowest BCUT2D eigenvalue weighted by Gasteiger charge is -2.38. The highest BCUT2D eigenvalue weighted by Crippen LogP contribution is 2.31. The fraction of sp³-hybridized carbons (Fsp3) is 0.385. The van der Waals surface area contributed by atoms with E-state index < -0.39 is 17.4 Å². The average Bonchev–Trinajstić information content (AvgIpc) is 2.32. The van der Waals surface area contributed by atoms with Crippen molar-refractivity contribution in [2.45, 2.75) is 24.8 Å². The van der Waals surface area contributed by atoms with Crippen molar-refractivity contribution in [1.82, 2.24) is 5.32 Å². The number of carboxylic acids is 1. The molecule has 0 radical (unpaired) electrons. The third-order valence-electron chi connectivity index (χ3n) is 3.18. The van der Waals surface area contributed by atoms with Gasteiger partial charge in [0.05, 0.1) is 0 Å². The Labute approximate surface area is 119 Å². The van der Waals surface area contributed by atoms with Gasteiger partial charge in [0.25, 0.3) is 5.91 Å². The van der Waals surface area contributed by atoms with E-state index in [4.69, 9.17) is 9.84 Å². The van der Waals surface area contributed by atoms with Crippen LogP contribution in [-0.2, 0) is 9.59 Å². The van der Waals surface area contributed by atoms with Crippen LogP contribution in [-0.4, -0.2) is 29.1 Å². The first-order valence-electron chi connectivity index (χ1n) is 5.95. The van der Waals surface area contributed by atoms with Crippen LogP contribution in [0.5, 0.6) is 5.75 Å². The van der Waals surface area contributed by atoms with Crippen LogP contribution < -0.4 is 10.1 Å². The second kappa shape index (κ2) is 5.61. The molecule has 2 rings (SSSR count). The van der Waals surface area contributed by atoms with Gasteiger partial charge >= 0.3 is 5.97 Å². The molecule has 1 aromatic carbocycles. The summed E-state index contributed by atoms with van der Waals surface area (Å²) in [6.45, 7) is -0.184. The van der Waals surface area contributed by atoms with Gasteiger partial charge in [-0.3, -0.25) is 4.79 Å². The number of nitrogens with one attached hydrogen (secondary N) is 1. The quantitative estimate of drug-likeness (QED) is 0.866. The molecule has 0 bridgehead atoms. The standard InChI is InChI=1S/C13H14BrNO4/c14-9-2-4-10(5-3-9)19-8-11(16)15-13(12(17)18)6-1-7-13/h2-5H,1,6-8H2,(H,15,16)(H,17,18). The van der Waals surface area contributed by atoms with Gasteiger partial charge in [0.15, 0.2) is 6.61 Å². The van der Waals surface area contributed by atoms with Gasteiger partial charge in [-0.15, -0.1) is 0 Å². The zero-order valence-electron chi connectivity index (χ0n) is 10.2. The minimum Gasteiger partial charge on any atom is -0.484 e. The summed E-state index contributed by atoms with van der Waals surface area (Å²) in [5.74, 6) is -0.822. The number of benzene rings is 1. The molecule has 0 aromatic heterocycles. The summed E-state index contributed by atoms with van der Waals surface area (Å²) in [7, 11) is 0. The summed E-state index contributed by atoms with van der Waals surface area (Å²) < 4.78 is 6.21. The van der Waals surface area contributed by atoms with Crippen molar-refractivity contribution in [3.8, 4) is 5.75 Å². The Kier molecular flexibility index (Phi) is 4.09. The van der Waals surface area contributed by atoms with E-state index in [0.29, 0.717) is 18.6 Å². The molecule has 102 valence electrons. The number of ether oxygens (including phenoxy) is 1. The molecule has 1 fully saturated rings. The molecule has 0 aliphatic heterocycles. The Morgan fingerprint density at radius 3 is 2.42 bits per heavy atom. The molecular weight excluding hydrogens is 314 g/mol. The number of halogens is 1. The molecule has 0 spiro atoms. The number of carbonyl (C=O) groups is 2. The summed E-state index contributed by atoms with van der Waals surface area (Å²) >= 11 is 3.30. The SMILES string of the molecule is O=C(COc1ccc(Br)cc1)NC1(C(=O)O)CCC1. The lowest BCUT2D eigenvalue weighted by atomic mass is 9.77. The third kappa shape index (κ3) is 3.26. The summed E-state index contributed by atoms with van der Waals surface area (Å²) in [5.41, 5.74) is -1.08. The number of carboxylic acid groups (broad SMARTS) is 1. The van der Waals surface area contributed by atoms with Gasteiger partial charge in [-0.05, 0) is 43.5 Å². The van der Waals surface area contributed by atoms with Crippen LogP contribution in [0.25, 0.3) is 0 Å². The van der Waals surface area contributed by atoms with E-state index in [0.717, 1.165) is 10.9 Å². The van der Waals surface area contributed by atoms with Crippen LogP contribution in [0.2, 0.25) is 0 Å². The van der Waals surface area contributed by atoms with Gasteiger partial charge in [0, 0.05) is 4.47 Å². The molecule has 0 saturated heterocycles. The predicted molar refractivity (Wildman–Crippen MR) is 72.0 cm³/mol. The molecule has 1 saturated carbocycles. The largest absolute Gasteiger partial charge is 0.484 e. The summed E-state index contributed by atoms with van der Waals surface area (Å²) in [4.78, 5) is 22.8. The van der Waals surface area contributed by atoms with Gasteiger partial charge < -0.3 is 15.2 Å². The maximum atomic E-state index is 11.7. The van der Waals surface area contributed by atoms with Crippen LogP contribution >= 0.6 is 15.9 Å². The molecule has 1 aliphatic carbocycles. The Morgan fingerprint density at radius 1 is 1.32 bits per heavy atom. The van der Waals surface area contributed by atoms with Gasteiger partial charge in [-0.1, -0.05) is 15.9 Å². The molecule has 1 aliphatic rings. The van der Waals surface area contributed by atoms with Crippen LogP contribution in [0.3, 0.4) is 0 Å². The molecule has 2 N–H and O–H groups in total. The number of carbonyl (C=O) groups excluding carboxylic acids is 1. The molecule has 6 heteroatoms. The Hall–Kier alpha value is -1.56. The fourth-order valence-electron chi connectivity index (χ4n) is 1.91. The molecule has 0 atom stereocenters. The minimum atomic E-state index is -1.08. The summed E-state index contributed by atoms with van der Waals surface area (Å²) in [6.07, 6.45) is 1.78. The minimum absolute atomic E-state index is 0.184. The van der Waals surface area contributed by atoms with Gasteiger partial charge in [-0.25, -0.2) is 4.79 Å². The van der Waals surface area contributed by atoms with E-state index >= 15 is 0 Å². The number of aliphatic carboxylic acids is 1. The predicted octanol–water partition coefficient (Wildman–Crippen LogP) is 1.95. The van der Waals surface area contributed by atoms with Crippen molar-refractivity contribution in [3.05, 3.63) is 28.7 Å². The van der Waals surface area contributed by atoms with E-state index in [1.807, 2.05) is 0 Å². The fourth-order valence-corrected chi connectivity index (χ4v) is 2.17. The smallest absolute Gasteiger partial charge is 0.329 e. The van der Waals surface area contributed by atoms with Crippen LogP contribution in [0.15, 0.2) is 28.7 Å². The van der Waals surface area contributed by atoms with Gasteiger partial charge in [0.2, 0.25) is 0 Å². The first-order chi connectivity index (χ1) is 9.02. The van der Waals surface area contributed by atoms with E-state index in [2.05, 4.69) is 21.2 Å². The van der Waals surface area contributed by atoms with E-state index in [1.54, 1.807) is 24.3 Å². The Morgan fingerprint density at radius 2 is 1.95 bits per heavy atom. The number of amides is 1. The lowest BCUT2D eigenvalue weighted by molar-refractivity contribution is -0.152. The van der Waals surface area contributed by atoms with E-state index in [9.17, 15) is 9.59 Å². The molecule has 1 amide bonds. The van der Waals surface area contributed by atoms with Crippen LogP contribution in [0.1, 0.15) is 19.3 Å². The van der Waals surface area contributed by atoms with E-state index in [-0.39, 0.29) is 6.61 Å². The van der Waals surface area contributed by atoms with Crippen LogP contribution in [0, 0.1) is 0 Å². The highest BCUT2D eigenvalue weighted by atomic mass is 79.9. The topological polar surface area (TPSA) is 75.6 Å². The molecule has 0 heterocycles. The average molecular weight is 328 g/mol. The van der Waals surface area contributed by atoms with Gasteiger partial charge in [-0.2, -0.15) is 0 Å². The van der Waals surface area contributed by atoms with Crippen molar-refractivity contribution < 1.29 is 19.4 Å². The molecular formula is C13H14BrNO4. The monoisotopic (exact) mass is 327 g/mol. The second-order valence-corrected chi connectivity index (χ2v) is 5.45. The van der Waals surface area contributed by atoms with Crippen molar-refractivity contribution in [1.29, 1.82) is 0 Å². The van der Waals surface area contributed by atoms with Gasteiger partial charge in [0.1, 0.15) is 11.3 Å². The maximum absolute atomic E-state index is 11.7. The van der Waals surface area contributed by atoms with Crippen LogP contribution in [0.4, 0.5) is 0 Å². The molecule has 5 nitrogen and oxygen atoms in total. The molecule has 19 heavy (non-hydrogen) atoms. The third-order valence-corrected chi connectivity index (χ3v) is 3.71. The number of hydrogen-bond donors (Lipinski definition) is 2. The second-order valence-electron chi connectivity index (χ2n) is 4.53. The Balaban J connectivity index is 1.85. The summed E-state index contributed by atoms with van der Waals surface area (Å²) in [6, 6.07) is 7.07. The lowest BCUT2D eigenvalue weighted by Crippen LogP contribution is -2.59. The maximum Gasteiger partial charge on any atom is 0.329 e. The highest BCUT2D eigenvalue weighted by Gasteiger charge is 2.45. The van der Waals surface area contributed by atoms with Crippen molar-refractivity contribution in [2.75, 3.05) is 6.61 Å². The zero-order chi connectivity index (χ0) is 13.9. The number of hydrogen-bond acceptors (Lipinski definition) is 3. The molecule has 1 aromatic rings. The van der Waals surface area contributed by atoms with Crippen molar-refractivity contribution in [3.63, 3.8) is 0 Å². The molecule has 0 unspecified atom stereocenters. The first kappa shape index (κ1) is 13.9. The highest BCUT2D eigenvalue weighted by molar-refractivity contribution is 9.10. The van der Waals surface area contributed by atoms with E-state index in [1.165, 1.54) is 0 Å². The van der Waals surface area contributed by atoms with Crippen molar-refractivity contribution in [2.24, 2.45) is 0 Å².